The molecule has 0 aromatic rings. The Morgan fingerprint density at radius 2 is 2.32 bits per heavy atom. The lowest BCUT2D eigenvalue weighted by molar-refractivity contribution is -0.139. The highest BCUT2D eigenvalue weighted by Crippen LogP contribution is 2.27. The van der Waals surface area contributed by atoms with Gasteiger partial charge in [0.25, 0.3) is 0 Å². The lowest BCUT2D eigenvalue weighted by Crippen LogP contribution is -2.57. The Bertz CT molecular complexity index is 353. The fraction of sp³-hybridized carbons (Fsp3) is 0.714. The molecule has 5 nitrogen and oxygen atoms in total. The number of nitrogens with zero attached hydrogens (tertiary/aromatic N) is 1. The van der Waals surface area contributed by atoms with E-state index >= 15 is 0 Å². The van der Waals surface area contributed by atoms with Crippen molar-refractivity contribution in [1.29, 1.82) is 0 Å². The zero-order valence-corrected chi connectivity index (χ0v) is 11.4. The van der Waals surface area contributed by atoms with Gasteiger partial charge in [-0.15, -0.1) is 6.58 Å². The van der Waals surface area contributed by atoms with Crippen LogP contribution < -0.4 is 10.6 Å². The van der Waals surface area contributed by atoms with Gasteiger partial charge in [0.2, 0.25) is 11.8 Å². The Labute approximate surface area is 114 Å². The van der Waals surface area contributed by atoms with Crippen molar-refractivity contribution in [3.63, 3.8) is 0 Å². The molecule has 2 aliphatic rings. The van der Waals surface area contributed by atoms with Crippen LogP contribution in [0.15, 0.2) is 12.7 Å². The van der Waals surface area contributed by atoms with Crippen molar-refractivity contribution in [2.45, 2.75) is 31.7 Å². The molecule has 2 rings (SSSR count). The van der Waals surface area contributed by atoms with Crippen molar-refractivity contribution in [2.75, 3.05) is 26.2 Å². The van der Waals surface area contributed by atoms with Gasteiger partial charge in [0.1, 0.15) is 0 Å². The Hall–Kier alpha value is -1.36. The molecule has 0 radical (unpaired) electrons. The largest absolute Gasteiger partial charge is 0.353 e. The molecule has 1 aliphatic heterocycles. The van der Waals surface area contributed by atoms with Gasteiger partial charge in [-0.1, -0.05) is 12.5 Å². The van der Waals surface area contributed by atoms with Crippen molar-refractivity contribution in [3.05, 3.63) is 12.7 Å². The van der Waals surface area contributed by atoms with Gasteiger partial charge >= 0.3 is 0 Å². The summed E-state index contributed by atoms with van der Waals surface area (Å²) in [6.07, 6.45) is 5.62. The van der Waals surface area contributed by atoms with Crippen molar-refractivity contribution in [3.8, 4) is 0 Å². The first-order valence-electron chi connectivity index (χ1n) is 7.10. The monoisotopic (exact) mass is 265 g/mol. The Kier molecular flexibility index (Phi) is 4.96. The van der Waals surface area contributed by atoms with Crippen LogP contribution >= 0.6 is 0 Å². The second-order valence-corrected chi connectivity index (χ2v) is 5.38. The summed E-state index contributed by atoms with van der Waals surface area (Å²) in [5, 5.41) is 5.85. The number of carbonyl (C=O) groups excluding carboxylic acids is 2. The van der Waals surface area contributed by atoms with Crippen LogP contribution in [0.25, 0.3) is 0 Å². The standard InChI is InChI=1S/C14H23N3O2/c1-2-6-16-13(18)9-12-14(19)17(8-7-15-12)10-11-4-3-5-11/h2,11-12,15H,1,3-10H2,(H,16,18). The molecule has 5 heteroatoms. The molecule has 1 saturated carbocycles. The maximum absolute atomic E-state index is 12.3. The van der Waals surface area contributed by atoms with Crippen molar-refractivity contribution in [2.24, 2.45) is 5.92 Å². The number of hydrogen-bond acceptors (Lipinski definition) is 3. The highest BCUT2D eigenvalue weighted by atomic mass is 16.2. The van der Waals surface area contributed by atoms with E-state index in [0.29, 0.717) is 12.5 Å². The predicted molar refractivity (Wildman–Crippen MR) is 73.5 cm³/mol. The molecule has 106 valence electrons. The van der Waals surface area contributed by atoms with Gasteiger partial charge in [0.15, 0.2) is 0 Å². The van der Waals surface area contributed by atoms with Crippen LogP contribution in [0, 0.1) is 5.92 Å². The molecular formula is C14H23N3O2. The maximum Gasteiger partial charge on any atom is 0.240 e. The summed E-state index contributed by atoms with van der Waals surface area (Å²) in [5.74, 6) is 0.653. The van der Waals surface area contributed by atoms with Crippen LogP contribution in [-0.4, -0.2) is 48.9 Å². The molecule has 0 spiro atoms. The Morgan fingerprint density at radius 3 is 2.95 bits per heavy atom. The molecule has 0 bridgehead atoms. The van der Waals surface area contributed by atoms with Gasteiger partial charge in [-0.05, 0) is 18.8 Å². The maximum atomic E-state index is 12.3. The van der Waals surface area contributed by atoms with E-state index in [2.05, 4.69) is 17.2 Å². The third kappa shape index (κ3) is 3.80. The van der Waals surface area contributed by atoms with E-state index < -0.39 is 0 Å². The summed E-state index contributed by atoms with van der Waals surface area (Å²) in [6, 6.07) is -0.362. The first-order valence-corrected chi connectivity index (χ1v) is 7.10. The lowest BCUT2D eigenvalue weighted by atomic mass is 9.85. The number of amides is 2. The molecular weight excluding hydrogens is 242 g/mol. The molecule has 0 aromatic heterocycles. The number of hydrogen-bond donors (Lipinski definition) is 2. The predicted octanol–water partition coefficient (Wildman–Crippen LogP) is 0.279. The van der Waals surface area contributed by atoms with Crippen LogP contribution in [-0.2, 0) is 9.59 Å². The van der Waals surface area contributed by atoms with E-state index in [0.717, 1.165) is 19.6 Å². The molecule has 1 aliphatic carbocycles. The highest BCUT2D eigenvalue weighted by Gasteiger charge is 2.32. The Balaban J connectivity index is 1.81. The topological polar surface area (TPSA) is 61.4 Å². The number of piperazine rings is 1. The second kappa shape index (κ2) is 6.70. The molecule has 19 heavy (non-hydrogen) atoms. The molecule has 1 saturated heterocycles. The smallest absolute Gasteiger partial charge is 0.240 e. The molecule has 2 N–H and O–H groups in total. The van der Waals surface area contributed by atoms with Gasteiger partial charge in [-0.2, -0.15) is 0 Å². The fourth-order valence-corrected chi connectivity index (χ4v) is 2.56. The van der Waals surface area contributed by atoms with E-state index in [-0.39, 0.29) is 24.3 Å². The Morgan fingerprint density at radius 1 is 1.53 bits per heavy atom. The molecule has 2 fully saturated rings. The number of carbonyl (C=O) groups is 2. The first kappa shape index (κ1) is 14.1. The minimum absolute atomic E-state index is 0.0758. The number of nitrogens with one attached hydrogen (secondary N) is 2. The summed E-state index contributed by atoms with van der Waals surface area (Å²) in [4.78, 5) is 25.8. The van der Waals surface area contributed by atoms with Crippen molar-refractivity contribution >= 4 is 11.8 Å². The van der Waals surface area contributed by atoms with Crippen LogP contribution in [0.5, 0.6) is 0 Å². The highest BCUT2D eigenvalue weighted by molar-refractivity contribution is 5.88. The van der Waals surface area contributed by atoms with Gasteiger partial charge in [-0.25, -0.2) is 0 Å². The summed E-state index contributed by atoms with van der Waals surface area (Å²) < 4.78 is 0. The zero-order chi connectivity index (χ0) is 13.7. The van der Waals surface area contributed by atoms with Crippen LogP contribution in [0.2, 0.25) is 0 Å². The zero-order valence-electron chi connectivity index (χ0n) is 11.4. The second-order valence-electron chi connectivity index (χ2n) is 5.38. The molecule has 1 heterocycles. The van der Waals surface area contributed by atoms with Crippen LogP contribution in [0.1, 0.15) is 25.7 Å². The van der Waals surface area contributed by atoms with Gasteiger partial charge in [0.05, 0.1) is 12.5 Å². The average molecular weight is 265 g/mol. The van der Waals surface area contributed by atoms with Crippen molar-refractivity contribution < 1.29 is 9.59 Å². The molecule has 1 atom stereocenters. The van der Waals surface area contributed by atoms with E-state index in [1.54, 1.807) is 6.08 Å². The summed E-state index contributed by atoms with van der Waals surface area (Å²) >= 11 is 0. The summed E-state index contributed by atoms with van der Waals surface area (Å²) in [6.45, 7) is 6.41. The fourth-order valence-electron chi connectivity index (χ4n) is 2.56. The van der Waals surface area contributed by atoms with E-state index in [9.17, 15) is 9.59 Å². The van der Waals surface area contributed by atoms with Gasteiger partial charge in [0, 0.05) is 26.2 Å². The van der Waals surface area contributed by atoms with E-state index in [1.165, 1.54) is 19.3 Å². The first-order chi connectivity index (χ1) is 9.20. The lowest BCUT2D eigenvalue weighted by Gasteiger charge is -2.37. The van der Waals surface area contributed by atoms with Crippen molar-refractivity contribution in [1.82, 2.24) is 15.5 Å². The average Bonchev–Trinajstić information content (AvgIpc) is 2.35. The quantitative estimate of drug-likeness (QED) is 0.678. The van der Waals surface area contributed by atoms with Crippen LogP contribution in [0.3, 0.4) is 0 Å². The van der Waals surface area contributed by atoms with E-state index in [4.69, 9.17) is 0 Å². The molecule has 2 amide bonds. The number of rotatable bonds is 6. The third-order valence-electron chi connectivity index (χ3n) is 3.92. The summed E-state index contributed by atoms with van der Waals surface area (Å²) in [5.41, 5.74) is 0. The van der Waals surface area contributed by atoms with Crippen LogP contribution in [0.4, 0.5) is 0 Å². The minimum atomic E-state index is -0.362. The molecule has 0 aromatic carbocycles. The summed E-state index contributed by atoms with van der Waals surface area (Å²) in [7, 11) is 0. The molecule has 1 unspecified atom stereocenters. The van der Waals surface area contributed by atoms with Gasteiger partial charge in [-0.3, -0.25) is 9.59 Å². The van der Waals surface area contributed by atoms with E-state index in [1.807, 2.05) is 4.90 Å². The van der Waals surface area contributed by atoms with Gasteiger partial charge < -0.3 is 15.5 Å². The SMILES string of the molecule is C=CCNC(=O)CC1NCCN(CC2CCC2)C1=O. The third-order valence-corrected chi connectivity index (χ3v) is 3.92. The normalized spacial score (nSPS) is 23.9. The minimum Gasteiger partial charge on any atom is -0.353 e.